The first-order valence-corrected chi connectivity index (χ1v) is 3.96. The molecule has 0 aliphatic rings. The number of hydrogen-bond donors (Lipinski definition) is 3. The van der Waals surface area contributed by atoms with Crippen molar-refractivity contribution in [2.75, 3.05) is 0 Å². The van der Waals surface area contributed by atoms with E-state index in [0.717, 1.165) is 11.1 Å². The summed E-state index contributed by atoms with van der Waals surface area (Å²) in [5.41, 5.74) is 3.65. The van der Waals surface area contributed by atoms with Crippen molar-refractivity contribution in [3.8, 4) is 0 Å². The first-order chi connectivity index (χ1) is 6.24. The van der Waals surface area contributed by atoms with Gasteiger partial charge in [-0.15, -0.1) is 0 Å². The number of carbonyl (C=O) groups is 1. The van der Waals surface area contributed by atoms with Crippen LogP contribution in [-0.4, -0.2) is 11.2 Å². The summed E-state index contributed by atoms with van der Waals surface area (Å²) in [7, 11) is 0. The van der Waals surface area contributed by atoms with Gasteiger partial charge in [-0.1, -0.05) is 24.3 Å². The lowest BCUT2D eigenvalue weighted by Crippen LogP contribution is -2.32. The average Bonchev–Trinajstić information content (AvgIpc) is 2.16. The van der Waals surface area contributed by atoms with Crippen molar-refractivity contribution in [2.24, 2.45) is 0 Å². The number of benzene rings is 1. The monoisotopic (exact) mass is 180 g/mol. The van der Waals surface area contributed by atoms with Crippen LogP contribution in [0.3, 0.4) is 0 Å². The second kappa shape index (κ2) is 4.47. The van der Waals surface area contributed by atoms with Crippen molar-refractivity contribution in [1.82, 2.24) is 10.8 Å². The van der Waals surface area contributed by atoms with Crippen LogP contribution < -0.4 is 10.8 Å². The van der Waals surface area contributed by atoms with Gasteiger partial charge < -0.3 is 5.32 Å². The Morgan fingerprint density at radius 1 is 1.46 bits per heavy atom. The highest BCUT2D eigenvalue weighted by Gasteiger charge is 1.99. The molecule has 13 heavy (non-hydrogen) atoms. The van der Waals surface area contributed by atoms with Gasteiger partial charge in [0.2, 0.25) is 0 Å². The quantitative estimate of drug-likeness (QED) is 0.473. The van der Waals surface area contributed by atoms with E-state index in [9.17, 15) is 4.79 Å². The molecule has 0 saturated carbocycles. The minimum Gasteiger partial charge on any atom is -0.332 e. The molecule has 0 heterocycles. The molecular weight excluding hydrogens is 168 g/mol. The third-order valence-corrected chi connectivity index (χ3v) is 1.80. The summed E-state index contributed by atoms with van der Waals surface area (Å²) < 4.78 is 0. The maximum atomic E-state index is 10.6. The van der Waals surface area contributed by atoms with Crippen LogP contribution in [0.25, 0.3) is 0 Å². The van der Waals surface area contributed by atoms with E-state index in [1.165, 1.54) is 5.48 Å². The van der Waals surface area contributed by atoms with Crippen LogP contribution in [0.15, 0.2) is 24.3 Å². The lowest BCUT2D eigenvalue weighted by molar-refractivity contribution is 0.161. The Morgan fingerprint density at radius 2 is 2.15 bits per heavy atom. The van der Waals surface area contributed by atoms with E-state index in [0.29, 0.717) is 6.54 Å². The maximum absolute atomic E-state index is 10.6. The number of hydroxylamine groups is 1. The van der Waals surface area contributed by atoms with Crippen LogP contribution in [0.5, 0.6) is 0 Å². The Balaban J connectivity index is 2.54. The molecule has 4 heteroatoms. The molecule has 1 aromatic carbocycles. The van der Waals surface area contributed by atoms with E-state index in [4.69, 9.17) is 5.21 Å². The highest BCUT2D eigenvalue weighted by atomic mass is 16.5. The highest BCUT2D eigenvalue weighted by molar-refractivity contribution is 5.72. The molecule has 0 aromatic heterocycles. The van der Waals surface area contributed by atoms with Crippen molar-refractivity contribution in [1.29, 1.82) is 0 Å². The zero-order valence-electron chi connectivity index (χ0n) is 7.37. The van der Waals surface area contributed by atoms with E-state index in [-0.39, 0.29) is 0 Å². The summed E-state index contributed by atoms with van der Waals surface area (Å²) in [4.78, 5) is 10.6. The molecule has 2 amide bonds. The van der Waals surface area contributed by atoms with Crippen LogP contribution in [0.2, 0.25) is 0 Å². The maximum Gasteiger partial charge on any atom is 0.338 e. The molecule has 0 bridgehead atoms. The molecule has 0 aliphatic heterocycles. The van der Waals surface area contributed by atoms with Gasteiger partial charge >= 0.3 is 6.03 Å². The lowest BCUT2D eigenvalue weighted by atomic mass is 10.1. The number of aryl methyl sites for hydroxylation is 1. The SMILES string of the molecule is Cc1ccccc1CNC(=O)NO. The largest absolute Gasteiger partial charge is 0.338 e. The summed E-state index contributed by atoms with van der Waals surface area (Å²) in [5.74, 6) is 0. The molecule has 0 saturated heterocycles. The van der Waals surface area contributed by atoms with Crippen molar-refractivity contribution >= 4 is 6.03 Å². The van der Waals surface area contributed by atoms with Crippen molar-refractivity contribution < 1.29 is 10.0 Å². The molecule has 3 N–H and O–H groups in total. The molecule has 0 unspecified atom stereocenters. The third-order valence-electron chi connectivity index (χ3n) is 1.80. The Labute approximate surface area is 76.5 Å². The minimum atomic E-state index is -0.594. The number of rotatable bonds is 2. The molecule has 0 radical (unpaired) electrons. The summed E-state index contributed by atoms with van der Waals surface area (Å²) in [6.45, 7) is 2.38. The van der Waals surface area contributed by atoms with E-state index < -0.39 is 6.03 Å². The smallest absolute Gasteiger partial charge is 0.332 e. The van der Waals surface area contributed by atoms with Crippen molar-refractivity contribution in [3.05, 3.63) is 35.4 Å². The van der Waals surface area contributed by atoms with Gasteiger partial charge in [-0.2, -0.15) is 0 Å². The van der Waals surface area contributed by atoms with Crippen LogP contribution in [0.1, 0.15) is 11.1 Å². The van der Waals surface area contributed by atoms with E-state index in [1.54, 1.807) is 0 Å². The van der Waals surface area contributed by atoms with E-state index >= 15 is 0 Å². The number of hydrogen-bond acceptors (Lipinski definition) is 2. The highest BCUT2D eigenvalue weighted by Crippen LogP contribution is 2.05. The van der Waals surface area contributed by atoms with Crippen molar-refractivity contribution in [2.45, 2.75) is 13.5 Å². The van der Waals surface area contributed by atoms with Crippen LogP contribution in [0, 0.1) is 6.92 Å². The van der Waals surface area contributed by atoms with Gasteiger partial charge in [-0.05, 0) is 18.1 Å². The zero-order valence-corrected chi connectivity index (χ0v) is 7.37. The fraction of sp³-hybridized carbons (Fsp3) is 0.222. The van der Waals surface area contributed by atoms with Gasteiger partial charge in [0.25, 0.3) is 0 Å². The molecule has 4 nitrogen and oxygen atoms in total. The van der Waals surface area contributed by atoms with Gasteiger partial charge in [0.1, 0.15) is 0 Å². The summed E-state index contributed by atoms with van der Waals surface area (Å²) in [6, 6.07) is 7.13. The number of nitrogens with one attached hydrogen (secondary N) is 2. The fourth-order valence-electron chi connectivity index (χ4n) is 1.02. The fourth-order valence-corrected chi connectivity index (χ4v) is 1.02. The predicted molar refractivity (Wildman–Crippen MR) is 48.3 cm³/mol. The standard InChI is InChI=1S/C9H12N2O2/c1-7-4-2-3-5-8(7)6-10-9(12)11-13/h2-5,13H,6H2,1H3,(H2,10,11,12). The third kappa shape index (κ3) is 2.76. The Bertz CT molecular complexity index is 299. The molecular formula is C9H12N2O2. The molecule has 0 aliphatic carbocycles. The van der Waals surface area contributed by atoms with E-state index in [2.05, 4.69) is 5.32 Å². The first-order valence-electron chi connectivity index (χ1n) is 3.96. The van der Waals surface area contributed by atoms with Gasteiger partial charge in [0.15, 0.2) is 0 Å². The molecule has 0 fully saturated rings. The molecule has 0 spiro atoms. The van der Waals surface area contributed by atoms with Crippen molar-refractivity contribution in [3.63, 3.8) is 0 Å². The molecule has 1 aromatic rings. The van der Waals surface area contributed by atoms with Crippen LogP contribution >= 0.6 is 0 Å². The Kier molecular flexibility index (Phi) is 3.28. The molecule has 0 atom stereocenters. The van der Waals surface area contributed by atoms with Crippen LogP contribution in [0.4, 0.5) is 4.79 Å². The summed E-state index contributed by atoms with van der Waals surface area (Å²) >= 11 is 0. The molecule has 1 rings (SSSR count). The topological polar surface area (TPSA) is 61.4 Å². The average molecular weight is 180 g/mol. The van der Waals surface area contributed by atoms with Gasteiger partial charge in [0.05, 0.1) is 0 Å². The first kappa shape index (κ1) is 9.54. The number of urea groups is 1. The summed E-state index contributed by atoms with van der Waals surface area (Å²) in [6.07, 6.45) is 0. The van der Waals surface area contributed by atoms with Gasteiger partial charge in [0, 0.05) is 6.54 Å². The summed E-state index contributed by atoms with van der Waals surface area (Å²) in [5, 5.41) is 10.7. The second-order valence-electron chi connectivity index (χ2n) is 2.72. The van der Waals surface area contributed by atoms with Crippen LogP contribution in [-0.2, 0) is 6.54 Å². The number of amides is 2. The van der Waals surface area contributed by atoms with Gasteiger partial charge in [-0.3, -0.25) is 5.21 Å². The van der Waals surface area contributed by atoms with Gasteiger partial charge in [-0.25, -0.2) is 10.3 Å². The lowest BCUT2D eigenvalue weighted by Gasteiger charge is -2.06. The predicted octanol–water partition coefficient (Wildman–Crippen LogP) is 1.18. The number of carbonyl (C=O) groups excluding carboxylic acids is 1. The normalized spacial score (nSPS) is 9.38. The minimum absolute atomic E-state index is 0.416. The Morgan fingerprint density at radius 3 is 2.77 bits per heavy atom. The van der Waals surface area contributed by atoms with E-state index in [1.807, 2.05) is 31.2 Å². The molecule has 70 valence electrons. The Hall–Kier alpha value is -1.55. The zero-order chi connectivity index (χ0) is 9.68. The second-order valence-corrected chi connectivity index (χ2v) is 2.72.